The minimum absolute atomic E-state index is 0.281. The Kier molecular flexibility index (Phi) is 3.87. The zero-order valence-corrected chi connectivity index (χ0v) is 12.8. The van der Waals surface area contributed by atoms with Crippen LogP contribution in [0.5, 0.6) is 11.5 Å². The number of nitrogens with one attached hydrogen (secondary N) is 1. The molecule has 1 aromatic carbocycles. The van der Waals surface area contributed by atoms with Crippen LogP contribution in [0.3, 0.4) is 0 Å². The van der Waals surface area contributed by atoms with Gasteiger partial charge in [-0.1, -0.05) is 24.8 Å². The number of H-pyrrole nitrogens is 1. The molecule has 2 heterocycles. The Balaban J connectivity index is 2.20. The third-order valence-electron chi connectivity index (χ3n) is 3.34. The van der Waals surface area contributed by atoms with E-state index in [-0.39, 0.29) is 11.3 Å². The summed E-state index contributed by atoms with van der Waals surface area (Å²) in [6, 6.07) is 9.11. The Bertz CT molecular complexity index is 995. The third kappa shape index (κ3) is 2.58. The molecular formula is C17H12N2O3S. The molecule has 0 amide bonds. The average molecular weight is 324 g/mol. The highest BCUT2D eigenvalue weighted by Gasteiger charge is 2.17. The summed E-state index contributed by atoms with van der Waals surface area (Å²) in [6.07, 6.45) is 1.66. The quantitative estimate of drug-likeness (QED) is 0.720. The predicted molar refractivity (Wildman–Crippen MR) is 90.0 cm³/mol. The first-order valence-corrected chi connectivity index (χ1v) is 7.64. The molecule has 0 unspecified atom stereocenters. The van der Waals surface area contributed by atoms with Gasteiger partial charge in [-0.15, -0.1) is 11.3 Å². The van der Waals surface area contributed by atoms with Gasteiger partial charge in [0.1, 0.15) is 29.0 Å². The Morgan fingerprint density at radius 3 is 3.04 bits per heavy atom. The maximum atomic E-state index is 11.7. The van der Waals surface area contributed by atoms with E-state index in [4.69, 9.17) is 10.00 Å². The standard InChI is InChI=1S/C17H12N2O3S/c1-2-6-22-11-5-3-4-10(7-11)13-9-23-17-14(13)15(20)12(8-18)16(21)19-17/h2-5,7,9H,1,6H2,(H2,19,20,21). The van der Waals surface area contributed by atoms with Crippen LogP contribution >= 0.6 is 11.3 Å². The van der Waals surface area contributed by atoms with Crippen molar-refractivity contribution in [2.45, 2.75) is 0 Å². The number of aromatic amines is 1. The van der Waals surface area contributed by atoms with Crippen molar-refractivity contribution in [1.29, 1.82) is 5.26 Å². The highest BCUT2D eigenvalue weighted by molar-refractivity contribution is 7.17. The molecule has 0 atom stereocenters. The fraction of sp³-hybridized carbons (Fsp3) is 0.0588. The van der Waals surface area contributed by atoms with Crippen LogP contribution in [0, 0.1) is 11.3 Å². The van der Waals surface area contributed by atoms with E-state index in [2.05, 4.69) is 11.6 Å². The summed E-state index contributed by atoms with van der Waals surface area (Å²) in [5, 5.41) is 21.6. The normalized spacial score (nSPS) is 10.4. The molecule has 23 heavy (non-hydrogen) atoms. The second-order valence-electron chi connectivity index (χ2n) is 4.77. The number of nitrogens with zero attached hydrogens (tertiary/aromatic N) is 1. The minimum Gasteiger partial charge on any atom is -0.506 e. The van der Waals surface area contributed by atoms with Gasteiger partial charge in [0.15, 0.2) is 5.56 Å². The SMILES string of the molecule is C=CCOc1cccc(-c2csc3[nH]c(=O)c(C#N)c(O)c23)c1. The Morgan fingerprint density at radius 2 is 2.30 bits per heavy atom. The van der Waals surface area contributed by atoms with Crippen molar-refractivity contribution in [1.82, 2.24) is 4.98 Å². The van der Waals surface area contributed by atoms with E-state index < -0.39 is 5.56 Å². The first-order chi connectivity index (χ1) is 11.2. The van der Waals surface area contributed by atoms with Crippen molar-refractivity contribution in [2.75, 3.05) is 6.61 Å². The maximum Gasteiger partial charge on any atom is 0.270 e. The number of pyridine rings is 1. The van der Waals surface area contributed by atoms with E-state index in [0.29, 0.717) is 22.6 Å². The molecule has 0 bridgehead atoms. The Hall–Kier alpha value is -3.04. The van der Waals surface area contributed by atoms with Gasteiger partial charge < -0.3 is 14.8 Å². The number of thiophene rings is 1. The van der Waals surface area contributed by atoms with E-state index in [0.717, 1.165) is 11.1 Å². The molecule has 0 fully saturated rings. The fourth-order valence-electron chi connectivity index (χ4n) is 2.31. The minimum atomic E-state index is -0.589. The highest BCUT2D eigenvalue weighted by Crippen LogP contribution is 2.39. The number of fused-ring (bicyclic) bond motifs is 1. The van der Waals surface area contributed by atoms with Gasteiger partial charge in [0, 0.05) is 10.9 Å². The van der Waals surface area contributed by atoms with E-state index in [9.17, 15) is 9.90 Å². The van der Waals surface area contributed by atoms with E-state index in [1.54, 1.807) is 12.1 Å². The largest absolute Gasteiger partial charge is 0.506 e. The summed E-state index contributed by atoms with van der Waals surface area (Å²) < 4.78 is 5.51. The molecule has 2 aromatic heterocycles. The van der Waals surface area contributed by atoms with Crippen LogP contribution < -0.4 is 10.3 Å². The topological polar surface area (TPSA) is 86.1 Å². The van der Waals surface area contributed by atoms with Crippen LogP contribution in [0.15, 0.2) is 47.1 Å². The van der Waals surface area contributed by atoms with Gasteiger partial charge in [-0.2, -0.15) is 5.26 Å². The van der Waals surface area contributed by atoms with Crippen LogP contribution in [-0.2, 0) is 0 Å². The van der Waals surface area contributed by atoms with Crippen LogP contribution in [0.2, 0.25) is 0 Å². The van der Waals surface area contributed by atoms with Crippen LogP contribution in [0.1, 0.15) is 5.56 Å². The molecule has 2 N–H and O–H groups in total. The van der Waals surface area contributed by atoms with Crippen LogP contribution in [-0.4, -0.2) is 16.7 Å². The number of rotatable bonds is 4. The monoisotopic (exact) mass is 324 g/mol. The molecule has 0 aliphatic rings. The second kappa shape index (κ2) is 5.99. The summed E-state index contributed by atoms with van der Waals surface area (Å²) in [7, 11) is 0. The van der Waals surface area contributed by atoms with Gasteiger partial charge in [0.05, 0.1) is 5.39 Å². The van der Waals surface area contributed by atoms with Gasteiger partial charge in [0.2, 0.25) is 0 Å². The van der Waals surface area contributed by atoms with Gasteiger partial charge in [0.25, 0.3) is 5.56 Å². The zero-order valence-electron chi connectivity index (χ0n) is 12.0. The van der Waals surface area contributed by atoms with E-state index >= 15 is 0 Å². The van der Waals surface area contributed by atoms with Crippen LogP contribution in [0.25, 0.3) is 21.3 Å². The highest BCUT2D eigenvalue weighted by atomic mass is 32.1. The number of aromatic nitrogens is 1. The lowest BCUT2D eigenvalue weighted by Crippen LogP contribution is -2.09. The van der Waals surface area contributed by atoms with Gasteiger partial charge in [-0.05, 0) is 17.7 Å². The number of hydrogen-bond donors (Lipinski definition) is 2. The van der Waals surface area contributed by atoms with E-state index in [1.807, 2.05) is 29.6 Å². The lowest BCUT2D eigenvalue weighted by molar-refractivity contribution is 0.363. The molecule has 5 nitrogen and oxygen atoms in total. The van der Waals surface area contributed by atoms with Gasteiger partial charge >= 0.3 is 0 Å². The molecule has 0 aliphatic heterocycles. The van der Waals surface area contributed by atoms with E-state index in [1.165, 1.54) is 11.3 Å². The first kappa shape index (κ1) is 14.9. The average Bonchev–Trinajstić information content (AvgIpc) is 2.97. The maximum absolute atomic E-state index is 11.7. The Morgan fingerprint density at radius 1 is 1.48 bits per heavy atom. The lowest BCUT2D eigenvalue weighted by Gasteiger charge is -2.06. The Labute approximate surface area is 135 Å². The van der Waals surface area contributed by atoms with Crippen LogP contribution in [0.4, 0.5) is 0 Å². The summed E-state index contributed by atoms with van der Waals surface area (Å²) >= 11 is 1.30. The molecule has 0 spiro atoms. The molecule has 0 aliphatic carbocycles. The molecular weight excluding hydrogens is 312 g/mol. The molecule has 0 saturated carbocycles. The first-order valence-electron chi connectivity index (χ1n) is 6.76. The number of nitriles is 1. The predicted octanol–water partition coefficient (Wildman–Crippen LogP) is 3.40. The number of aromatic hydroxyl groups is 1. The third-order valence-corrected chi connectivity index (χ3v) is 4.24. The van der Waals surface area contributed by atoms with Gasteiger partial charge in [-0.25, -0.2) is 0 Å². The van der Waals surface area contributed by atoms with Crippen molar-refractivity contribution in [3.05, 3.63) is 58.2 Å². The smallest absolute Gasteiger partial charge is 0.270 e. The number of ether oxygens (including phenoxy) is 1. The summed E-state index contributed by atoms with van der Waals surface area (Å²) in [6.45, 7) is 4.00. The summed E-state index contributed by atoms with van der Waals surface area (Å²) in [4.78, 5) is 14.9. The van der Waals surface area contributed by atoms with Crippen molar-refractivity contribution in [3.63, 3.8) is 0 Å². The lowest BCUT2D eigenvalue weighted by atomic mass is 10.0. The number of benzene rings is 1. The van der Waals surface area contributed by atoms with Crippen molar-refractivity contribution < 1.29 is 9.84 Å². The van der Waals surface area contributed by atoms with Crippen molar-refractivity contribution >= 4 is 21.6 Å². The molecule has 3 rings (SSSR count). The van der Waals surface area contributed by atoms with Crippen molar-refractivity contribution in [3.8, 4) is 28.7 Å². The van der Waals surface area contributed by atoms with Gasteiger partial charge in [-0.3, -0.25) is 4.79 Å². The molecule has 6 heteroatoms. The molecule has 0 saturated heterocycles. The molecule has 3 aromatic rings. The molecule has 0 radical (unpaired) electrons. The fourth-order valence-corrected chi connectivity index (χ4v) is 3.27. The summed E-state index contributed by atoms with van der Waals surface area (Å²) in [5.74, 6) is 0.381. The molecule has 114 valence electrons. The zero-order chi connectivity index (χ0) is 16.4. The van der Waals surface area contributed by atoms with Crippen molar-refractivity contribution in [2.24, 2.45) is 0 Å². The summed E-state index contributed by atoms with van der Waals surface area (Å²) in [5.41, 5.74) is 0.688. The second-order valence-corrected chi connectivity index (χ2v) is 5.65. The number of hydrogen-bond acceptors (Lipinski definition) is 5.